The zero-order chi connectivity index (χ0) is 17.1. The average molecular weight is 387 g/mol. The number of benzene rings is 2. The minimum atomic E-state index is -0.0788. The Labute approximate surface area is 149 Å². The largest absolute Gasteiger partial charge is 0.496 e. The van der Waals surface area contributed by atoms with Crippen LogP contribution in [0.5, 0.6) is 5.75 Å². The van der Waals surface area contributed by atoms with Gasteiger partial charge in [0, 0.05) is 17.1 Å². The van der Waals surface area contributed by atoms with Crippen molar-refractivity contribution < 1.29 is 9.53 Å². The van der Waals surface area contributed by atoms with E-state index in [0.29, 0.717) is 6.42 Å². The van der Waals surface area contributed by atoms with E-state index in [1.807, 2.05) is 55.6 Å². The van der Waals surface area contributed by atoms with Crippen LogP contribution in [0.2, 0.25) is 0 Å². The second-order valence-corrected chi connectivity index (χ2v) is 6.57. The predicted octanol–water partition coefficient (Wildman–Crippen LogP) is 4.36. The van der Waals surface area contributed by atoms with E-state index >= 15 is 0 Å². The van der Waals surface area contributed by atoms with Crippen LogP contribution < -0.4 is 10.1 Å². The van der Waals surface area contributed by atoms with Gasteiger partial charge in [-0.3, -0.25) is 4.79 Å². The SMILES string of the molecule is COc1ccc(C(C)NC(=O)Cc2c[nH]c3ccccc23)cc1Br. The molecule has 0 bridgehead atoms. The predicted molar refractivity (Wildman–Crippen MR) is 99.3 cm³/mol. The molecule has 1 atom stereocenters. The number of aromatic nitrogens is 1. The zero-order valence-corrected chi connectivity index (χ0v) is 15.2. The first-order valence-corrected chi connectivity index (χ1v) is 8.55. The maximum Gasteiger partial charge on any atom is 0.224 e. The lowest BCUT2D eigenvalue weighted by Crippen LogP contribution is -2.28. The summed E-state index contributed by atoms with van der Waals surface area (Å²) in [5, 5.41) is 4.14. The fraction of sp³-hybridized carbons (Fsp3) is 0.211. The number of carbonyl (C=O) groups excluding carboxylic acids is 1. The summed E-state index contributed by atoms with van der Waals surface area (Å²) in [6.07, 6.45) is 2.25. The fourth-order valence-electron chi connectivity index (χ4n) is 2.78. The molecule has 1 unspecified atom stereocenters. The van der Waals surface area contributed by atoms with Crippen LogP contribution in [0.4, 0.5) is 0 Å². The van der Waals surface area contributed by atoms with Crippen molar-refractivity contribution >= 4 is 32.7 Å². The number of amides is 1. The van der Waals surface area contributed by atoms with Gasteiger partial charge in [0.15, 0.2) is 0 Å². The summed E-state index contributed by atoms with van der Waals surface area (Å²) < 4.78 is 6.11. The lowest BCUT2D eigenvalue weighted by Gasteiger charge is -2.15. The number of hydrogen-bond donors (Lipinski definition) is 2. The number of ether oxygens (including phenoxy) is 1. The van der Waals surface area contributed by atoms with Crippen LogP contribution >= 0.6 is 15.9 Å². The number of carbonyl (C=O) groups is 1. The summed E-state index contributed by atoms with van der Waals surface area (Å²) in [4.78, 5) is 15.6. The van der Waals surface area contributed by atoms with Crippen LogP contribution in [0, 0.1) is 0 Å². The smallest absolute Gasteiger partial charge is 0.224 e. The van der Waals surface area contributed by atoms with Gasteiger partial charge in [-0.05, 0) is 52.2 Å². The van der Waals surface area contributed by atoms with Gasteiger partial charge in [-0.15, -0.1) is 0 Å². The van der Waals surface area contributed by atoms with Crippen LogP contribution in [0.1, 0.15) is 24.1 Å². The molecule has 0 aliphatic heterocycles. The Bertz CT molecular complexity index is 873. The number of para-hydroxylation sites is 1. The summed E-state index contributed by atoms with van der Waals surface area (Å²) in [5.74, 6) is 0.773. The summed E-state index contributed by atoms with van der Waals surface area (Å²) in [6.45, 7) is 1.97. The molecule has 0 spiro atoms. The molecule has 24 heavy (non-hydrogen) atoms. The number of methoxy groups -OCH3 is 1. The van der Waals surface area contributed by atoms with Gasteiger partial charge < -0.3 is 15.0 Å². The Kier molecular flexibility index (Phi) is 4.90. The highest BCUT2D eigenvalue weighted by Crippen LogP contribution is 2.28. The number of hydrogen-bond acceptors (Lipinski definition) is 2. The third-order valence-electron chi connectivity index (χ3n) is 4.08. The second-order valence-electron chi connectivity index (χ2n) is 5.72. The highest BCUT2D eigenvalue weighted by Gasteiger charge is 2.13. The first kappa shape index (κ1) is 16.6. The molecule has 0 saturated carbocycles. The van der Waals surface area contributed by atoms with Crippen LogP contribution in [-0.4, -0.2) is 18.0 Å². The van der Waals surface area contributed by atoms with Crippen molar-refractivity contribution in [1.29, 1.82) is 0 Å². The number of nitrogens with one attached hydrogen (secondary N) is 2. The number of aromatic amines is 1. The lowest BCUT2D eigenvalue weighted by molar-refractivity contribution is -0.121. The molecule has 3 aromatic rings. The Hall–Kier alpha value is -2.27. The first-order chi connectivity index (χ1) is 11.6. The minimum absolute atomic E-state index is 0.000747. The third kappa shape index (κ3) is 3.46. The van der Waals surface area contributed by atoms with E-state index < -0.39 is 0 Å². The molecule has 0 aliphatic carbocycles. The van der Waals surface area contributed by atoms with Gasteiger partial charge in [0.05, 0.1) is 24.0 Å². The third-order valence-corrected chi connectivity index (χ3v) is 4.70. The van der Waals surface area contributed by atoms with Crippen molar-refractivity contribution in [2.75, 3.05) is 7.11 Å². The Balaban J connectivity index is 1.69. The second kappa shape index (κ2) is 7.09. The maximum absolute atomic E-state index is 12.4. The van der Waals surface area contributed by atoms with Crippen molar-refractivity contribution in [3.05, 3.63) is 64.3 Å². The van der Waals surface area contributed by atoms with E-state index in [1.54, 1.807) is 7.11 Å². The van der Waals surface area contributed by atoms with Crippen LogP contribution in [0.25, 0.3) is 10.9 Å². The normalized spacial score (nSPS) is 12.1. The summed E-state index contributed by atoms with van der Waals surface area (Å²) in [7, 11) is 1.63. The fourth-order valence-corrected chi connectivity index (χ4v) is 3.34. The van der Waals surface area contributed by atoms with Gasteiger partial charge in [0.1, 0.15) is 5.75 Å². The van der Waals surface area contributed by atoms with Crippen molar-refractivity contribution in [1.82, 2.24) is 10.3 Å². The molecule has 5 heteroatoms. The highest BCUT2D eigenvalue weighted by molar-refractivity contribution is 9.10. The number of halogens is 1. The molecule has 0 radical (unpaired) electrons. The quantitative estimate of drug-likeness (QED) is 0.684. The van der Waals surface area contributed by atoms with Gasteiger partial charge in [-0.1, -0.05) is 24.3 Å². The van der Waals surface area contributed by atoms with E-state index in [-0.39, 0.29) is 11.9 Å². The number of fused-ring (bicyclic) bond motifs is 1. The molecular formula is C19H19BrN2O2. The molecule has 2 aromatic carbocycles. The molecule has 0 fully saturated rings. The van der Waals surface area contributed by atoms with Crippen LogP contribution in [0.15, 0.2) is 53.1 Å². The van der Waals surface area contributed by atoms with Gasteiger partial charge >= 0.3 is 0 Å². The van der Waals surface area contributed by atoms with Gasteiger partial charge in [0.25, 0.3) is 0 Å². The number of H-pyrrole nitrogens is 1. The van der Waals surface area contributed by atoms with Gasteiger partial charge in [-0.2, -0.15) is 0 Å². The van der Waals surface area contributed by atoms with E-state index in [4.69, 9.17) is 4.74 Å². The highest BCUT2D eigenvalue weighted by atomic mass is 79.9. The topological polar surface area (TPSA) is 54.1 Å². The van der Waals surface area contributed by atoms with Crippen LogP contribution in [0.3, 0.4) is 0 Å². The van der Waals surface area contributed by atoms with Crippen molar-refractivity contribution in [3.8, 4) is 5.75 Å². The molecule has 124 valence electrons. The number of rotatable bonds is 5. The maximum atomic E-state index is 12.4. The Morgan fingerprint density at radius 2 is 2.08 bits per heavy atom. The van der Waals surface area contributed by atoms with Crippen molar-refractivity contribution in [2.24, 2.45) is 0 Å². The monoisotopic (exact) mass is 386 g/mol. The summed E-state index contributed by atoms with van der Waals surface area (Å²) in [6, 6.07) is 13.7. The molecule has 4 nitrogen and oxygen atoms in total. The van der Waals surface area contributed by atoms with E-state index in [2.05, 4.69) is 26.2 Å². The summed E-state index contributed by atoms with van der Waals surface area (Å²) >= 11 is 3.48. The minimum Gasteiger partial charge on any atom is -0.496 e. The molecule has 1 amide bonds. The summed E-state index contributed by atoms with van der Waals surface area (Å²) in [5.41, 5.74) is 3.08. The standard InChI is InChI=1S/C19H19BrN2O2/c1-12(13-7-8-18(24-2)16(20)9-13)22-19(23)10-14-11-21-17-6-4-3-5-15(14)17/h3-9,11-12,21H,10H2,1-2H3,(H,22,23). The molecular weight excluding hydrogens is 368 g/mol. The first-order valence-electron chi connectivity index (χ1n) is 7.76. The van der Waals surface area contributed by atoms with Gasteiger partial charge in [0.2, 0.25) is 5.91 Å². The van der Waals surface area contributed by atoms with E-state index in [0.717, 1.165) is 32.3 Å². The van der Waals surface area contributed by atoms with Crippen molar-refractivity contribution in [3.63, 3.8) is 0 Å². The van der Waals surface area contributed by atoms with E-state index in [1.165, 1.54) is 0 Å². The lowest BCUT2D eigenvalue weighted by atomic mass is 10.1. The molecule has 0 saturated heterocycles. The molecule has 3 rings (SSSR count). The molecule has 1 aromatic heterocycles. The Morgan fingerprint density at radius 3 is 2.83 bits per heavy atom. The molecule has 1 heterocycles. The van der Waals surface area contributed by atoms with Gasteiger partial charge in [-0.25, -0.2) is 0 Å². The van der Waals surface area contributed by atoms with E-state index in [9.17, 15) is 4.79 Å². The van der Waals surface area contributed by atoms with Crippen LogP contribution in [-0.2, 0) is 11.2 Å². The molecule has 0 aliphatic rings. The Morgan fingerprint density at radius 1 is 1.29 bits per heavy atom. The zero-order valence-electron chi connectivity index (χ0n) is 13.6. The average Bonchev–Trinajstić information content (AvgIpc) is 2.97. The van der Waals surface area contributed by atoms with Crippen molar-refractivity contribution in [2.45, 2.75) is 19.4 Å². The molecule has 2 N–H and O–H groups in total.